The maximum absolute atomic E-state index is 13.6. The molecule has 1 saturated heterocycles. The Morgan fingerprint density at radius 1 is 1.06 bits per heavy atom. The molecule has 2 heterocycles. The van der Waals surface area contributed by atoms with Gasteiger partial charge < -0.3 is 14.4 Å². The molecule has 3 aromatic rings. The van der Waals surface area contributed by atoms with Gasteiger partial charge in [0.05, 0.1) is 31.4 Å². The molecule has 1 unspecified atom stereocenters. The zero-order chi connectivity index (χ0) is 25.7. The molecule has 1 atom stereocenters. The molecule has 4 rings (SSSR count). The van der Waals surface area contributed by atoms with E-state index in [0.29, 0.717) is 28.1 Å². The highest BCUT2D eigenvalue weighted by Gasteiger charge is 2.44. The largest absolute Gasteiger partial charge is 0.497 e. The molecule has 1 aliphatic rings. The summed E-state index contributed by atoms with van der Waals surface area (Å²) in [5.41, 5.74) is 1.67. The van der Waals surface area contributed by atoms with E-state index in [9.17, 15) is 19.2 Å². The number of ether oxygens (including phenoxy) is 2. The van der Waals surface area contributed by atoms with Crippen LogP contribution in [0.5, 0.6) is 5.75 Å². The number of esters is 1. The number of nitrogens with zero attached hydrogens (tertiary/aromatic N) is 3. The molecule has 1 fully saturated rings. The van der Waals surface area contributed by atoms with Crippen molar-refractivity contribution in [1.82, 2.24) is 9.88 Å². The summed E-state index contributed by atoms with van der Waals surface area (Å²) in [4.78, 5) is 58.6. The van der Waals surface area contributed by atoms with E-state index in [-0.39, 0.29) is 19.6 Å². The third-order valence-electron chi connectivity index (χ3n) is 5.79. The van der Waals surface area contributed by atoms with Crippen LogP contribution in [-0.4, -0.2) is 53.3 Å². The number of methoxy groups -OCH3 is 1. The van der Waals surface area contributed by atoms with E-state index >= 15 is 0 Å². The van der Waals surface area contributed by atoms with Crippen molar-refractivity contribution in [3.8, 4) is 5.75 Å². The van der Waals surface area contributed by atoms with Crippen molar-refractivity contribution in [2.45, 2.75) is 25.9 Å². The van der Waals surface area contributed by atoms with Gasteiger partial charge in [-0.1, -0.05) is 12.1 Å². The molecule has 9 heteroatoms. The van der Waals surface area contributed by atoms with E-state index in [0.717, 1.165) is 4.90 Å². The number of aromatic nitrogens is 1. The number of amides is 3. The third-order valence-corrected chi connectivity index (χ3v) is 5.79. The minimum Gasteiger partial charge on any atom is -0.497 e. The van der Waals surface area contributed by atoms with E-state index in [4.69, 9.17) is 9.47 Å². The Bertz CT molecular complexity index is 1280. The zero-order valence-corrected chi connectivity index (χ0v) is 19.9. The minimum atomic E-state index is -1.01. The first-order valence-electron chi connectivity index (χ1n) is 11.4. The lowest BCUT2D eigenvalue weighted by atomic mass is 10.1. The number of benzene rings is 2. The fraction of sp³-hybridized carbons (Fsp3) is 0.222. The predicted molar refractivity (Wildman–Crippen MR) is 130 cm³/mol. The van der Waals surface area contributed by atoms with Crippen molar-refractivity contribution >= 4 is 29.4 Å². The Balaban J connectivity index is 1.64. The molecule has 0 radical (unpaired) electrons. The summed E-state index contributed by atoms with van der Waals surface area (Å²) < 4.78 is 10.2. The SMILES string of the molecule is CCOC(=O)c1ccc(N2C(=O)CC(N(Cc3cccnc3)C(=O)c3cccc(OC)c3)C2=O)cc1. The van der Waals surface area contributed by atoms with Crippen LogP contribution < -0.4 is 9.64 Å². The van der Waals surface area contributed by atoms with E-state index in [1.165, 1.54) is 36.3 Å². The molecule has 1 aromatic heterocycles. The van der Waals surface area contributed by atoms with Gasteiger partial charge in [-0.3, -0.25) is 19.4 Å². The van der Waals surface area contributed by atoms with Crippen LogP contribution in [-0.2, 0) is 20.9 Å². The summed E-state index contributed by atoms with van der Waals surface area (Å²) in [6.45, 7) is 2.03. The average molecular weight is 488 g/mol. The highest BCUT2D eigenvalue weighted by atomic mass is 16.5. The first kappa shape index (κ1) is 24.6. The van der Waals surface area contributed by atoms with Crippen molar-refractivity contribution < 1.29 is 28.7 Å². The number of carbonyl (C=O) groups excluding carboxylic acids is 4. The number of imide groups is 1. The van der Waals surface area contributed by atoms with Crippen molar-refractivity contribution in [3.63, 3.8) is 0 Å². The van der Waals surface area contributed by atoms with Gasteiger partial charge in [-0.15, -0.1) is 0 Å². The van der Waals surface area contributed by atoms with Gasteiger partial charge >= 0.3 is 5.97 Å². The Morgan fingerprint density at radius 2 is 1.83 bits per heavy atom. The smallest absolute Gasteiger partial charge is 0.338 e. The lowest BCUT2D eigenvalue weighted by molar-refractivity contribution is -0.122. The molecular formula is C27H25N3O6. The number of hydrogen-bond acceptors (Lipinski definition) is 7. The van der Waals surface area contributed by atoms with Crippen LogP contribution in [0, 0.1) is 0 Å². The highest BCUT2D eigenvalue weighted by molar-refractivity contribution is 6.23. The van der Waals surface area contributed by atoms with E-state index in [1.54, 1.807) is 55.7 Å². The molecule has 3 amide bonds. The van der Waals surface area contributed by atoms with E-state index < -0.39 is 29.7 Å². The van der Waals surface area contributed by atoms with E-state index in [1.807, 2.05) is 0 Å². The third kappa shape index (κ3) is 5.10. The average Bonchev–Trinajstić information content (AvgIpc) is 3.21. The summed E-state index contributed by atoms with van der Waals surface area (Å²) >= 11 is 0. The summed E-state index contributed by atoms with van der Waals surface area (Å²) in [6, 6.07) is 15.2. The van der Waals surface area contributed by atoms with Gasteiger partial charge in [-0.2, -0.15) is 0 Å². The molecule has 0 saturated carbocycles. The quantitative estimate of drug-likeness (QED) is 0.355. The normalized spacial score (nSPS) is 15.1. The molecular weight excluding hydrogens is 462 g/mol. The van der Waals surface area contributed by atoms with Crippen LogP contribution in [0.25, 0.3) is 0 Å². The van der Waals surface area contributed by atoms with Gasteiger partial charge in [0.1, 0.15) is 11.8 Å². The van der Waals surface area contributed by atoms with Crippen LogP contribution in [0.15, 0.2) is 73.1 Å². The van der Waals surface area contributed by atoms with Crippen LogP contribution in [0.1, 0.15) is 39.6 Å². The van der Waals surface area contributed by atoms with Gasteiger partial charge in [0, 0.05) is 24.5 Å². The lowest BCUT2D eigenvalue weighted by Crippen LogP contribution is -2.45. The van der Waals surface area contributed by atoms with Gasteiger partial charge in [0.25, 0.3) is 11.8 Å². The molecule has 0 N–H and O–H groups in total. The second-order valence-corrected chi connectivity index (χ2v) is 8.08. The van der Waals surface area contributed by atoms with Gasteiger partial charge in [0.15, 0.2) is 0 Å². The maximum Gasteiger partial charge on any atom is 0.338 e. The molecule has 2 aromatic carbocycles. The second-order valence-electron chi connectivity index (χ2n) is 8.08. The Hall–Kier alpha value is -4.53. The monoisotopic (exact) mass is 487 g/mol. The molecule has 9 nitrogen and oxygen atoms in total. The zero-order valence-electron chi connectivity index (χ0n) is 19.9. The number of pyridine rings is 1. The predicted octanol–water partition coefficient (Wildman–Crippen LogP) is 3.24. The molecule has 1 aliphatic heterocycles. The standard InChI is InChI=1S/C27H25N3O6/c1-3-36-27(34)19-9-11-21(12-10-19)30-24(31)15-23(26(30)33)29(17-18-6-5-13-28-16-18)25(32)20-7-4-8-22(14-20)35-2/h4-14,16,23H,3,15,17H2,1-2H3. The second kappa shape index (κ2) is 10.8. The fourth-order valence-corrected chi connectivity index (χ4v) is 4.03. The van der Waals surface area contributed by atoms with Gasteiger partial charge in [0.2, 0.25) is 5.91 Å². The van der Waals surface area contributed by atoms with Crippen molar-refractivity contribution in [2.75, 3.05) is 18.6 Å². The molecule has 184 valence electrons. The first-order valence-corrected chi connectivity index (χ1v) is 11.4. The highest BCUT2D eigenvalue weighted by Crippen LogP contribution is 2.28. The summed E-state index contributed by atoms with van der Waals surface area (Å²) in [5, 5.41) is 0. The molecule has 0 spiro atoms. The van der Waals surface area contributed by atoms with E-state index in [2.05, 4.69) is 4.98 Å². The summed E-state index contributed by atoms with van der Waals surface area (Å²) in [6.07, 6.45) is 3.05. The van der Waals surface area contributed by atoms with Crippen LogP contribution in [0.3, 0.4) is 0 Å². The number of hydrogen-bond donors (Lipinski definition) is 0. The van der Waals surface area contributed by atoms with Crippen LogP contribution in [0.2, 0.25) is 0 Å². The van der Waals surface area contributed by atoms with Crippen LogP contribution >= 0.6 is 0 Å². The molecule has 0 bridgehead atoms. The number of rotatable bonds is 8. The molecule has 0 aliphatic carbocycles. The van der Waals surface area contributed by atoms with Crippen LogP contribution in [0.4, 0.5) is 5.69 Å². The van der Waals surface area contributed by atoms with Crippen molar-refractivity contribution in [2.24, 2.45) is 0 Å². The summed E-state index contributed by atoms with van der Waals surface area (Å²) in [7, 11) is 1.50. The number of anilines is 1. The van der Waals surface area contributed by atoms with Crippen molar-refractivity contribution in [1.29, 1.82) is 0 Å². The van der Waals surface area contributed by atoms with Crippen molar-refractivity contribution in [3.05, 3.63) is 89.7 Å². The Labute approximate surface area is 208 Å². The molecule has 36 heavy (non-hydrogen) atoms. The topological polar surface area (TPSA) is 106 Å². The fourth-order valence-electron chi connectivity index (χ4n) is 4.03. The lowest BCUT2D eigenvalue weighted by Gasteiger charge is -2.28. The summed E-state index contributed by atoms with van der Waals surface area (Å²) in [5.74, 6) is -1.37. The Kier molecular flexibility index (Phi) is 7.39. The minimum absolute atomic E-state index is 0.0865. The Morgan fingerprint density at radius 3 is 2.50 bits per heavy atom. The van der Waals surface area contributed by atoms with Gasteiger partial charge in [-0.25, -0.2) is 9.69 Å². The number of carbonyl (C=O) groups is 4. The maximum atomic E-state index is 13.6. The van der Waals surface area contributed by atoms with Gasteiger partial charge in [-0.05, 0) is 61.0 Å². The first-order chi connectivity index (χ1) is 17.4.